The Balaban J connectivity index is 3.68. The first kappa shape index (κ1) is 12.8. The van der Waals surface area contributed by atoms with Gasteiger partial charge in [0.2, 0.25) is 0 Å². The molecule has 0 aromatic heterocycles. The fraction of sp³-hybridized carbons (Fsp3) is 1.00. The highest BCUT2D eigenvalue weighted by atomic mass is 16.3. The molecule has 4 nitrogen and oxygen atoms in total. The van der Waals surface area contributed by atoms with Crippen LogP contribution in [0.1, 0.15) is 20.3 Å². The monoisotopic (exact) mass is 190 g/mol. The Kier molecular flexibility index (Phi) is 6.24. The van der Waals surface area contributed by atoms with Gasteiger partial charge >= 0.3 is 0 Å². The maximum absolute atomic E-state index is 8.74. The Morgan fingerprint density at radius 3 is 1.85 bits per heavy atom. The molecule has 0 spiro atoms. The Bertz CT molecular complexity index is 117. The fourth-order valence-electron chi connectivity index (χ4n) is 1.06. The number of nitrogens with zero attached hydrogens (tertiary/aromatic N) is 1. The van der Waals surface area contributed by atoms with Crippen LogP contribution in [0.4, 0.5) is 0 Å². The zero-order chi connectivity index (χ0) is 10.3. The van der Waals surface area contributed by atoms with E-state index in [9.17, 15) is 0 Å². The van der Waals surface area contributed by atoms with E-state index in [4.69, 9.17) is 15.9 Å². The topological polar surface area (TPSA) is 69.7 Å². The van der Waals surface area contributed by atoms with Gasteiger partial charge in [-0.15, -0.1) is 0 Å². The second-order valence-electron chi connectivity index (χ2n) is 4.03. The summed E-state index contributed by atoms with van der Waals surface area (Å²) in [6, 6.07) is 0. The summed E-state index contributed by atoms with van der Waals surface area (Å²) < 4.78 is 0. The molecule has 4 N–H and O–H groups in total. The average molecular weight is 190 g/mol. The van der Waals surface area contributed by atoms with Gasteiger partial charge in [0, 0.05) is 25.2 Å². The molecule has 0 aliphatic carbocycles. The van der Waals surface area contributed by atoms with E-state index in [1.807, 2.05) is 18.7 Å². The number of aliphatic hydroxyl groups is 2. The maximum atomic E-state index is 8.74. The van der Waals surface area contributed by atoms with Crippen molar-refractivity contribution in [3.8, 4) is 0 Å². The number of aliphatic hydroxyl groups excluding tert-OH is 2. The summed E-state index contributed by atoms with van der Waals surface area (Å²) in [5.74, 6) is 0. The van der Waals surface area contributed by atoms with E-state index < -0.39 is 0 Å². The lowest BCUT2D eigenvalue weighted by atomic mass is 10.0. The van der Waals surface area contributed by atoms with Gasteiger partial charge in [0.05, 0.1) is 13.2 Å². The van der Waals surface area contributed by atoms with Crippen LogP contribution >= 0.6 is 0 Å². The van der Waals surface area contributed by atoms with E-state index in [-0.39, 0.29) is 18.8 Å². The van der Waals surface area contributed by atoms with Crippen molar-refractivity contribution in [2.75, 3.05) is 32.8 Å². The Hall–Kier alpha value is -0.160. The van der Waals surface area contributed by atoms with E-state index >= 15 is 0 Å². The SMILES string of the molecule is CC(C)(N)CCN(CCO)CCO. The van der Waals surface area contributed by atoms with Crippen LogP contribution in [0.25, 0.3) is 0 Å². The predicted molar refractivity (Wildman–Crippen MR) is 53.5 cm³/mol. The minimum absolute atomic E-state index is 0.130. The number of hydrogen-bond acceptors (Lipinski definition) is 4. The molecule has 13 heavy (non-hydrogen) atoms. The average Bonchev–Trinajstić information content (AvgIpc) is 2.00. The van der Waals surface area contributed by atoms with Crippen LogP contribution < -0.4 is 5.73 Å². The molecule has 4 heteroatoms. The van der Waals surface area contributed by atoms with Crippen molar-refractivity contribution in [3.05, 3.63) is 0 Å². The molecular formula is C9H22N2O2. The van der Waals surface area contributed by atoms with Gasteiger partial charge < -0.3 is 15.9 Å². The van der Waals surface area contributed by atoms with Crippen LogP contribution in [-0.4, -0.2) is 53.5 Å². The first-order chi connectivity index (χ1) is 5.99. The van der Waals surface area contributed by atoms with Gasteiger partial charge in [-0.05, 0) is 20.3 Å². The predicted octanol–water partition coefficient (Wildman–Crippen LogP) is -0.600. The van der Waals surface area contributed by atoms with Crippen molar-refractivity contribution in [1.29, 1.82) is 0 Å². The summed E-state index contributed by atoms with van der Waals surface area (Å²) in [7, 11) is 0. The van der Waals surface area contributed by atoms with Crippen molar-refractivity contribution in [1.82, 2.24) is 4.90 Å². The number of rotatable bonds is 7. The molecule has 0 aliphatic heterocycles. The van der Waals surface area contributed by atoms with Gasteiger partial charge in [-0.1, -0.05) is 0 Å². The van der Waals surface area contributed by atoms with Crippen molar-refractivity contribution in [2.45, 2.75) is 25.8 Å². The third-order valence-electron chi connectivity index (χ3n) is 1.90. The van der Waals surface area contributed by atoms with Crippen LogP contribution in [-0.2, 0) is 0 Å². The smallest absolute Gasteiger partial charge is 0.0558 e. The summed E-state index contributed by atoms with van der Waals surface area (Å²) >= 11 is 0. The minimum atomic E-state index is -0.177. The lowest BCUT2D eigenvalue weighted by molar-refractivity contribution is 0.153. The molecule has 0 heterocycles. The largest absolute Gasteiger partial charge is 0.395 e. The molecule has 0 rings (SSSR count). The summed E-state index contributed by atoms with van der Waals surface area (Å²) in [4.78, 5) is 2.01. The van der Waals surface area contributed by atoms with E-state index in [1.165, 1.54) is 0 Å². The first-order valence-electron chi connectivity index (χ1n) is 4.72. The fourth-order valence-corrected chi connectivity index (χ4v) is 1.06. The molecule has 0 bridgehead atoms. The first-order valence-corrected chi connectivity index (χ1v) is 4.72. The lowest BCUT2D eigenvalue weighted by Crippen LogP contribution is -2.39. The molecule has 0 radical (unpaired) electrons. The molecule has 0 unspecified atom stereocenters. The van der Waals surface area contributed by atoms with Gasteiger partial charge in [0.25, 0.3) is 0 Å². The van der Waals surface area contributed by atoms with Crippen LogP contribution in [0, 0.1) is 0 Å². The van der Waals surface area contributed by atoms with E-state index in [0.29, 0.717) is 13.1 Å². The van der Waals surface area contributed by atoms with Gasteiger partial charge in [-0.25, -0.2) is 0 Å². The molecule has 0 amide bonds. The lowest BCUT2D eigenvalue weighted by Gasteiger charge is -2.25. The van der Waals surface area contributed by atoms with Gasteiger partial charge in [-0.2, -0.15) is 0 Å². The highest BCUT2D eigenvalue weighted by Gasteiger charge is 2.12. The molecule has 0 aliphatic rings. The molecule has 0 atom stereocenters. The summed E-state index contributed by atoms with van der Waals surface area (Å²) in [5.41, 5.74) is 5.65. The summed E-state index contributed by atoms with van der Waals surface area (Å²) in [6.45, 7) is 6.25. The van der Waals surface area contributed by atoms with Crippen LogP contribution in [0.5, 0.6) is 0 Å². The second-order valence-corrected chi connectivity index (χ2v) is 4.03. The van der Waals surface area contributed by atoms with Crippen molar-refractivity contribution < 1.29 is 10.2 Å². The van der Waals surface area contributed by atoms with Gasteiger partial charge in [-0.3, -0.25) is 4.90 Å². The maximum Gasteiger partial charge on any atom is 0.0558 e. The highest BCUT2D eigenvalue weighted by molar-refractivity contribution is 4.73. The quantitative estimate of drug-likeness (QED) is 0.501. The zero-order valence-corrected chi connectivity index (χ0v) is 8.66. The Morgan fingerprint density at radius 1 is 1.08 bits per heavy atom. The molecule has 0 saturated carbocycles. The van der Waals surface area contributed by atoms with E-state index in [0.717, 1.165) is 13.0 Å². The van der Waals surface area contributed by atoms with Crippen LogP contribution in [0.2, 0.25) is 0 Å². The van der Waals surface area contributed by atoms with Crippen molar-refractivity contribution in [2.24, 2.45) is 5.73 Å². The van der Waals surface area contributed by atoms with Crippen molar-refractivity contribution >= 4 is 0 Å². The number of nitrogens with two attached hydrogens (primary N) is 1. The van der Waals surface area contributed by atoms with Gasteiger partial charge in [0.15, 0.2) is 0 Å². The summed E-state index contributed by atoms with van der Waals surface area (Å²) in [5, 5.41) is 17.5. The third-order valence-corrected chi connectivity index (χ3v) is 1.90. The zero-order valence-electron chi connectivity index (χ0n) is 8.66. The second kappa shape index (κ2) is 6.32. The van der Waals surface area contributed by atoms with E-state index in [1.54, 1.807) is 0 Å². The van der Waals surface area contributed by atoms with Gasteiger partial charge in [0.1, 0.15) is 0 Å². The molecular weight excluding hydrogens is 168 g/mol. The van der Waals surface area contributed by atoms with Crippen LogP contribution in [0.15, 0.2) is 0 Å². The number of hydrogen-bond donors (Lipinski definition) is 3. The highest BCUT2D eigenvalue weighted by Crippen LogP contribution is 2.04. The molecule has 80 valence electrons. The Morgan fingerprint density at radius 2 is 1.54 bits per heavy atom. The normalized spacial score (nSPS) is 12.5. The standard InChI is InChI=1S/C9H22N2O2/c1-9(2,10)3-4-11(5-7-12)6-8-13/h12-13H,3-8,10H2,1-2H3. The molecule has 0 saturated heterocycles. The van der Waals surface area contributed by atoms with E-state index in [2.05, 4.69) is 0 Å². The molecule has 0 aromatic rings. The molecule has 0 fully saturated rings. The molecule has 0 aromatic carbocycles. The van der Waals surface area contributed by atoms with Crippen molar-refractivity contribution in [3.63, 3.8) is 0 Å². The summed E-state index contributed by atoms with van der Waals surface area (Å²) in [6.07, 6.45) is 0.868. The van der Waals surface area contributed by atoms with Crippen LogP contribution in [0.3, 0.4) is 0 Å². The third kappa shape index (κ3) is 8.18. The Labute approximate surface area is 80.3 Å². The minimum Gasteiger partial charge on any atom is -0.395 e.